The van der Waals surface area contributed by atoms with E-state index >= 15 is 0 Å². The first-order valence-corrected chi connectivity index (χ1v) is 10.7. The summed E-state index contributed by atoms with van der Waals surface area (Å²) in [6.07, 6.45) is 2.23. The largest absolute Gasteiger partial charge is 0.376 e. The third-order valence-corrected chi connectivity index (χ3v) is 5.01. The summed E-state index contributed by atoms with van der Waals surface area (Å²) < 4.78 is 5.57. The predicted octanol–water partition coefficient (Wildman–Crippen LogP) is 3.16. The Labute approximate surface area is 179 Å². The molecule has 0 spiro atoms. The Bertz CT molecular complexity index is 860. The van der Waals surface area contributed by atoms with Gasteiger partial charge in [0, 0.05) is 31.8 Å². The monoisotopic (exact) mass is 408 g/mol. The van der Waals surface area contributed by atoms with Crippen LogP contribution in [0.1, 0.15) is 46.8 Å². The Morgan fingerprint density at radius 2 is 1.93 bits per heavy atom. The van der Waals surface area contributed by atoms with Crippen molar-refractivity contribution in [3.05, 3.63) is 70.8 Å². The van der Waals surface area contributed by atoms with Gasteiger partial charge in [-0.2, -0.15) is 0 Å². The number of ether oxygens (including phenoxy) is 1. The van der Waals surface area contributed by atoms with Gasteiger partial charge in [-0.25, -0.2) is 4.99 Å². The van der Waals surface area contributed by atoms with Gasteiger partial charge in [0.05, 0.1) is 12.6 Å². The Morgan fingerprint density at radius 1 is 1.10 bits per heavy atom. The molecule has 2 aromatic carbocycles. The van der Waals surface area contributed by atoms with E-state index in [1.54, 1.807) is 0 Å². The van der Waals surface area contributed by atoms with Crippen molar-refractivity contribution in [1.82, 2.24) is 16.0 Å². The molecule has 2 aromatic rings. The zero-order valence-electron chi connectivity index (χ0n) is 17.9. The summed E-state index contributed by atoms with van der Waals surface area (Å²) >= 11 is 0. The van der Waals surface area contributed by atoms with Gasteiger partial charge in [0.25, 0.3) is 5.91 Å². The van der Waals surface area contributed by atoms with Crippen LogP contribution in [-0.4, -0.2) is 37.7 Å². The summed E-state index contributed by atoms with van der Waals surface area (Å²) in [7, 11) is 0. The standard InChI is InChI=1S/C24H32N4O2/c1-3-25-24(27-15-19-8-4-7-18(2)13-19)28-16-20-9-5-10-21(14-20)23(29)26-17-22-11-6-12-30-22/h4-5,7-10,13-14,22H,3,6,11-12,15-17H2,1-2H3,(H,26,29)(H2,25,27,28). The molecule has 1 saturated heterocycles. The van der Waals surface area contributed by atoms with Crippen molar-refractivity contribution >= 4 is 11.9 Å². The number of carbonyl (C=O) groups is 1. The molecule has 1 aliphatic heterocycles. The van der Waals surface area contributed by atoms with Crippen molar-refractivity contribution in [2.75, 3.05) is 19.7 Å². The maximum absolute atomic E-state index is 12.5. The minimum absolute atomic E-state index is 0.0626. The Hall–Kier alpha value is -2.86. The zero-order valence-corrected chi connectivity index (χ0v) is 17.9. The fourth-order valence-electron chi connectivity index (χ4n) is 3.44. The van der Waals surface area contributed by atoms with E-state index in [9.17, 15) is 4.79 Å². The van der Waals surface area contributed by atoms with Crippen LogP contribution in [0.15, 0.2) is 53.5 Å². The lowest BCUT2D eigenvalue weighted by atomic mass is 10.1. The van der Waals surface area contributed by atoms with Gasteiger partial charge >= 0.3 is 0 Å². The van der Waals surface area contributed by atoms with Crippen LogP contribution in [0.4, 0.5) is 0 Å². The van der Waals surface area contributed by atoms with Crippen molar-refractivity contribution in [1.29, 1.82) is 0 Å². The maximum Gasteiger partial charge on any atom is 0.251 e. The molecule has 1 amide bonds. The van der Waals surface area contributed by atoms with Crippen LogP contribution in [0.3, 0.4) is 0 Å². The molecule has 1 unspecified atom stereocenters. The van der Waals surface area contributed by atoms with Crippen molar-refractivity contribution in [2.45, 2.75) is 45.9 Å². The Morgan fingerprint density at radius 3 is 2.70 bits per heavy atom. The first-order valence-electron chi connectivity index (χ1n) is 10.7. The summed E-state index contributed by atoms with van der Waals surface area (Å²) in [6, 6.07) is 16.0. The number of nitrogens with zero attached hydrogens (tertiary/aromatic N) is 1. The summed E-state index contributed by atoms with van der Waals surface area (Å²) in [5, 5.41) is 9.60. The lowest BCUT2D eigenvalue weighted by molar-refractivity contribution is 0.0857. The molecule has 6 nitrogen and oxygen atoms in total. The molecule has 3 rings (SSSR count). The van der Waals surface area contributed by atoms with Crippen molar-refractivity contribution in [3.63, 3.8) is 0 Å². The number of nitrogens with one attached hydrogen (secondary N) is 3. The number of aryl methyl sites for hydroxylation is 1. The third-order valence-electron chi connectivity index (χ3n) is 5.01. The molecule has 0 aliphatic carbocycles. The molecule has 0 aromatic heterocycles. The van der Waals surface area contributed by atoms with E-state index in [2.05, 4.69) is 52.1 Å². The second-order valence-electron chi connectivity index (χ2n) is 7.58. The maximum atomic E-state index is 12.5. The Balaban J connectivity index is 1.55. The second kappa shape index (κ2) is 11.4. The highest BCUT2D eigenvalue weighted by Gasteiger charge is 2.16. The number of rotatable bonds is 8. The van der Waals surface area contributed by atoms with Gasteiger partial charge in [0.1, 0.15) is 0 Å². The second-order valence-corrected chi connectivity index (χ2v) is 7.58. The van der Waals surface area contributed by atoms with Crippen LogP contribution in [0, 0.1) is 6.92 Å². The molecule has 30 heavy (non-hydrogen) atoms. The highest BCUT2D eigenvalue weighted by atomic mass is 16.5. The molecular weight excluding hydrogens is 376 g/mol. The first-order chi connectivity index (χ1) is 14.6. The predicted molar refractivity (Wildman–Crippen MR) is 121 cm³/mol. The highest BCUT2D eigenvalue weighted by molar-refractivity contribution is 5.94. The molecule has 6 heteroatoms. The van der Waals surface area contributed by atoms with Gasteiger partial charge < -0.3 is 20.7 Å². The molecule has 3 N–H and O–H groups in total. The summed E-state index contributed by atoms with van der Waals surface area (Å²) in [4.78, 5) is 17.1. The van der Waals surface area contributed by atoms with E-state index in [1.165, 1.54) is 11.1 Å². The smallest absolute Gasteiger partial charge is 0.251 e. The number of hydrogen-bond acceptors (Lipinski definition) is 3. The number of hydrogen-bond donors (Lipinski definition) is 3. The van der Waals surface area contributed by atoms with Crippen LogP contribution in [0.25, 0.3) is 0 Å². The average molecular weight is 409 g/mol. The SMILES string of the molecule is CCNC(=NCc1cccc(C)c1)NCc1cccc(C(=O)NCC2CCCO2)c1. The van der Waals surface area contributed by atoms with E-state index in [0.717, 1.165) is 37.5 Å². The van der Waals surface area contributed by atoms with Crippen LogP contribution >= 0.6 is 0 Å². The van der Waals surface area contributed by atoms with Crippen molar-refractivity contribution < 1.29 is 9.53 Å². The van der Waals surface area contributed by atoms with Crippen LogP contribution < -0.4 is 16.0 Å². The molecule has 1 heterocycles. The van der Waals surface area contributed by atoms with Crippen LogP contribution in [0.5, 0.6) is 0 Å². The molecular formula is C24H32N4O2. The molecule has 160 valence electrons. The van der Waals surface area contributed by atoms with Gasteiger partial charge in [0.2, 0.25) is 0 Å². The first kappa shape index (κ1) is 21.8. The van der Waals surface area contributed by atoms with E-state index in [1.807, 2.05) is 31.2 Å². The fourth-order valence-corrected chi connectivity index (χ4v) is 3.44. The summed E-state index contributed by atoms with van der Waals surface area (Å²) in [6.45, 7) is 7.47. The Kier molecular flexibility index (Phi) is 8.27. The number of benzene rings is 2. The average Bonchev–Trinajstić information content (AvgIpc) is 3.28. The minimum Gasteiger partial charge on any atom is -0.376 e. The summed E-state index contributed by atoms with van der Waals surface area (Å²) in [5.41, 5.74) is 4.10. The van der Waals surface area contributed by atoms with Gasteiger partial charge in [-0.15, -0.1) is 0 Å². The fraction of sp³-hybridized carbons (Fsp3) is 0.417. The lowest BCUT2D eigenvalue weighted by Gasteiger charge is -2.13. The number of aliphatic imine (C=N–C) groups is 1. The summed E-state index contributed by atoms with van der Waals surface area (Å²) in [5.74, 6) is 0.694. The van der Waals surface area contributed by atoms with Crippen LogP contribution in [0.2, 0.25) is 0 Å². The van der Waals surface area contributed by atoms with Crippen LogP contribution in [-0.2, 0) is 17.8 Å². The number of carbonyl (C=O) groups excluding carboxylic acids is 1. The third kappa shape index (κ3) is 6.88. The zero-order chi connectivity index (χ0) is 21.2. The van der Waals surface area contributed by atoms with E-state index in [0.29, 0.717) is 25.2 Å². The quantitative estimate of drug-likeness (QED) is 0.463. The van der Waals surface area contributed by atoms with Gasteiger partial charge in [-0.1, -0.05) is 42.0 Å². The van der Waals surface area contributed by atoms with Crippen molar-refractivity contribution in [3.8, 4) is 0 Å². The molecule has 1 fully saturated rings. The highest BCUT2D eigenvalue weighted by Crippen LogP contribution is 2.11. The van der Waals surface area contributed by atoms with Gasteiger partial charge in [0.15, 0.2) is 5.96 Å². The van der Waals surface area contributed by atoms with Gasteiger partial charge in [-0.05, 0) is 49.9 Å². The van der Waals surface area contributed by atoms with E-state index in [-0.39, 0.29) is 12.0 Å². The number of guanidine groups is 1. The topological polar surface area (TPSA) is 74.8 Å². The van der Waals surface area contributed by atoms with E-state index in [4.69, 9.17) is 4.74 Å². The molecule has 0 saturated carbocycles. The number of amides is 1. The van der Waals surface area contributed by atoms with E-state index < -0.39 is 0 Å². The van der Waals surface area contributed by atoms with Crippen molar-refractivity contribution in [2.24, 2.45) is 4.99 Å². The minimum atomic E-state index is -0.0626. The lowest BCUT2D eigenvalue weighted by Crippen LogP contribution is -2.37. The normalized spacial score (nSPS) is 16.3. The molecule has 0 bridgehead atoms. The molecule has 1 atom stereocenters. The van der Waals surface area contributed by atoms with Gasteiger partial charge in [-0.3, -0.25) is 4.79 Å². The molecule has 1 aliphatic rings. The molecule has 0 radical (unpaired) electrons.